The molecule has 0 unspecified atom stereocenters. The maximum atomic E-state index is 11.8. The molecule has 0 spiro atoms. The molecule has 0 heterocycles. The van der Waals surface area contributed by atoms with Gasteiger partial charge in [0.05, 0.1) is 17.6 Å². The number of hydrogen-bond acceptors (Lipinski definition) is 6. The van der Waals surface area contributed by atoms with E-state index in [0.29, 0.717) is 0 Å². The van der Waals surface area contributed by atoms with E-state index in [0.717, 1.165) is 0 Å². The third-order valence-electron chi connectivity index (χ3n) is 2.14. The van der Waals surface area contributed by atoms with Gasteiger partial charge in [-0.25, -0.2) is 0 Å². The van der Waals surface area contributed by atoms with Crippen LogP contribution in [0.2, 0.25) is 0 Å². The van der Waals surface area contributed by atoms with Gasteiger partial charge >= 0.3 is 15.6 Å². The van der Waals surface area contributed by atoms with Crippen molar-refractivity contribution < 1.29 is 35.7 Å². The molecule has 2 N–H and O–H groups in total. The SMILES string of the molecule is NC1(C(=O)[O-])CC(OS(=O)(=O)C(F)(F)F)C1. The van der Waals surface area contributed by atoms with Gasteiger partial charge in [-0.3, -0.25) is 4.18 Å². The quantitative estimate of drug-likeness (QED) is 0.487. The molecule has 0 amide bonds. The normalized spacial score (nSPS) is 30.9. The summed E-state index contributed by atoms with van der Waals surface area (Å²) >= 11 is 0. The van der Waals surface area contributed by atoms with Crippen LogP contribution >= 0.6 is 0 Å². The Labute approximate surface area is 88.3 Å². The van der Waals surface area contributed by atoms with E-state index >= 15 is 0 Å². The number of carbonyl (C=O) groups excluding carboxylic acids is 1. The fourth-order valence-corrected chi connectivity index (χ4v) is 1.82. The second-order valence-electron chi connectivity index (χ2n) is 3.47. The lowest BCUT2D eigenvalue weighted by atomic mass is 9.75. The maximum Gasteiger partial charge on any atom is 0.523 e. The molecule has 0 atom stereocenters. The molecule has 1 fully saturated rings. The lowest BCUT2D eigenvalue weighted by molar-refractivity contribution is -0.318. The van der Waals surface area contributed by atoms with Gasteiger partial charge in [0.15, 0.2) is 0 Å². The van der Waals surface area contributed by atoms with Crippen molar-refractivity contribution in [2.45, 2.75) is 30.0 Å². The van der Waals surface area contributed by atoms with E-state index in [1.807, 2.05) is 0 Å². The van der Waals surface area contributed by atoms with Gasteiger partial charge in [-0.2, -0.15) is 21.6 Å². The highest BCUT2D eigenvalue weighted by Gasteiger charge is 2.52. The number of nitrogens with two attached hydrogens (primary N) is 1. The van der Waals surface area contributed by atoms with Gasteiger partial charge in [0, 0.05) is 0 Å². The van der Waals surface area contributed by atoms with Crippen molar-refractivity contribution in [2.75, 3.05) is 0 Å². The summed E-state index contributed by atoms with van der Waals surface area (Å²) in [6.45, 7) is 0. The first kappa shape index (κ1) is 13.2. The second kappa shape index (κ2) is 3.57. The maximum absolute atomic E-state index is 11.8. The number of carboxylic acid groups (broad SMARTS) is 1. The third-order valence-corrected chi connectivity index (χ3v) is 3.23. The fourth-order valence-electron chi connectivity index (χ4n) is 1.22. The van der Waals surface area contributed by atoms with Crippen molar-refractivity contribution in [3.05, 3.63) is 0 Å². The van der Waals surface area contributed by atoms with Crippen LogP contribution in [0.4, 0.5) is 13.2 Å². The van der Waals surface area contributed by atoms with E-state index in [1.165, 1.54) is 0 Å². The number of alkyl halides is 3. The van der Waals surface area contributed by atoms with E-state index in [9.17, 15) is 31.5 Å². The topological polar surface area (TPSA) is 110 Å². The van der Waals surface area contributed by atoms with Gasteiger partial charge < -0.3 is 15.6 Å². The van der Waals surface area contributed by atoms with Gasteiger partial charge in [0.2, 0.25) is 0 Å². The molecule has 0 aromatic rings. The van der Waals surface area contributed by atoms with Crippen LogP contribution in [0.5, 0.6) is 0 Å². The molecule has 0 bridgehead atoms. The van der Waals surface area contributed by atoms with E-state index < -0.39 is 46.1 Å². The molecule has 1 saturated carbocycles. The van der Waals surface area contributed by atoms with E-state index in [4.69, 9.17) is 5.73 Å². The number of carboxylic acids is 1. The molecule has 6 nitrogen and oxygen atoms in total. The minimum Gasteiger partial charge on any atom is -0.548 e. The van der Waals surface area contributed by atoms with Gasteiger partial charge in [-0.15, -0.1) is 0 Å². The van der Waals surface area contributed by atoms with E-state index in [1.54, 1.807) is 0 Å². The van der Waals surface area contributed by atoms with Crippen LogP contribution in [0.15, 0.2) is 0 Å². The minimum atomic E-state index is -5.70. The molecular formula is C6H7F3NO5S-. The Morgan fingerprint density at radius 1 is 1.44 bits per heavy atom. The van der Waals surface area contributed by atoms with Crippen LogP contribution in [0, 0.1) is 0 Å². The van der Waals surface area contributed by atoms with Crippen LogP contribution in [-0.4, -0.2) is 31.5 Å². The average Bonchev–Trinajstić information content (AvgIpc) is 1.97. The lowest BCUT2D eigenvalue weighted by Gasteiger charge is -2.44. The zero-order chi connectivity index (χ0) is 12.8. The number of hydrogen-bond donors (Lipinski definition) is 1. The van der Waals surface area contributed by atoms with Gasteiger partial charge in [0.1, 0.15) is 0 Å². The van der Waals surface area contributed by atoms with Crippen molar-refractivity contribution in [2.24, 2.45) is 5.73 Å². The predicted octanol–water partition coefficient (Wildman–Crippen LogP) is -1.54. The summed E-state index contributed by atoms with van der Waals surface area (Å²) in [5, 5.41) is 10.3. The monoisotopic (exact) mass is 262 g/mol. The highest BCUT2D eigenvalue weighted by atomic mass is 32.2. The molecule has 16 heavy (non-hydrogen) atoms. The molecule has 0 saturated heterocycles. The zero-order valence-electron chi connectivity index (χ0n) is 7.65. The molecule has 0 radical (unpaired) electrons. The molecule has 1 aliphatic rings. The highest BCUT2D eigenvalue weighted by molar-refractivity contribution is 7.87. The highest BCUT2D eigenvalue weighted by Crippen LogP contribution is 2.36. The van der Waals surface area contributed by atoms with E-state index in [-0.39, 0.29) is 0 Å². The Bertz CT molecular complexity index is 397. The van der Waals surface area contributed by atoms with Crippen molar-refractivity contribution in [1.29, 1.82) is 0 Å². The molecule has 0 aromatic heterocycles. The third kappa shape index (κ3) is 2.28. The predicted molar refractivity (Wildman–Crippen MR) is 41.0 cm³/mol. The van der Waals surface area contributed by atoms with Gasteiger partial charge in [-0.1, -0.05) is 0 Å². The summed E-state index contributed by atoms with van der Waals surface area (Å²) in [6.07, 6.45) is -2.45. The Morgan fingerprint density at radius 2 is 1.88 bits per heavy atom. The summed E-state index contributed by atoms with van der Waals surface area (Å²) in [7, 11) is -5.70. The minimum absolute atomic E-state index is 0.537. The van der Waals surface area contributed by atoms with Crippen molar-refractivity contribution >= 4 is 16.1 Å². The number of aliphatic carboxylic acids is 1. The van der Waals surface area contributed by atoms with E-state index in [2.05, 4.69) is 4.18 Å². The van der Waals surface area contributed by atoms with Crippen LogP contribution in [0.25, 0.3) is 0 Å². The summed E-state index contributed by atoms with van der Waals surface area (Å²) in [6, 6.07) is 0. The molecule has 0 aliphatic heterocycles. The number of rotatable bonds is 3. The Hall–Kier alpha value is -0.870. The zero-order valence-corrected chi connectivity index (χ0v) is 8.47. The molecule has 94 valence electrons. The summed E-state index contributed by atoms with van der Waals surface area (Å²) < 4.78 is 60.2. The van der Waals surface area contributed by atoms with Gasteiger partial charge in [-0.05, 0) is 12.8 Å². The fraction of sp³-hybridized carbons (Fsp3) is 0.833. The Kier molecular flexibility index (Phi) is 2.94. The second-order valence-corrected chi connectivity index (χ2v) is 5.03. The summed E-state index contributed by atoms with van der Waals surface area (Å²) in [5.41, 5.74) is -2.19. The van der Waals surface area contributed by atoms with Crippen LogP contribution in [0.1, 0.15) is 12.8 Å². The average molecular weight is 262 g/mol. The van der Waals surface area contributed by atoms with Crippen LogP contribution in [-0.2, 0) is 19.1 Å². The van der Waals surface area contributed by atoms with Crippen molar-refractivity contribution in [3.8, 4) is 0 Å². The number of halogens is 3. The number of carbonyl (C=O) groups is 1. The standard InChI is InChI=1S/C6H8F3NO5S/c7-6(8,9)16(13,14)15-3-1-5(10,2-3)4(11)12/h3H,1-2,10H2,(H,11,12)/p-1. The molecule has 1 aliphatic carbocycles. The lowest BCUT2D eigenvalue weighted by Crippen LogP contribution is -2.65. The van der Waals surface area contributed by atoms with Crippen molar-refractivity contribution in [3.63, 3.8) is 0 Å². The first-order chi connectivity index (χ1) is 6.98. The van der Waals surface area contributed by atoms with Crippen molar-refractivity contribution in [1.82, 2.24) is 0 Å². The molecule has 1 rings (SSSR count). The smallest absolute Gasteiger partial charge is 0.523 e. The Balaban J connectivity index is 2.60. The summed E-state index contributed by atoms with van der Waals surface area (Å²) in [4.78, 5) is 10.3. The Morgan fingerprint density at radius 3 is 2.19 bits per heavy atom. The van der Waals surface area contributed by atoms with Gasteiger partial charge in [0.25, 0.3) is 0 Å². The molecular weight excluding hydrogens is 255 g/mol. The summed E-state index contributed by atoms with van der Waals surface area (Å²) in [5.74, 6) is -1.66. The first-order valence-corrected chi connectivity index (χ1v) is 5.39. The first-order valence-electron chi connectivity index (χ1n) is 3.98. The molecule has 0 aromatic carbocycles. The largest absolute Gasteiger partial charge is 0.548 e. The van der Waals surface area contributed by atoms with Crippen LogP contribution < -0.4 is 10.8 Å². The molecule has 10 heteroatoms. The van der Waals surface area contributed by atoms with Crippen LogP contribution in [0.3, 0.4) is 0 Å².